The second-order valence-electron chi connectivity index (χ2n) is 24.0. The predicted molar refractivity (Wildman–Crippen MR) is 393 cm³/mol. The fourth-order valence-electron chi connectivity index (χ4n) is 11.5. The lowest BCUT2D eigenvalue weighted by Gasteiger charge is -2.21. The summed E-state index contributed by atoms with van der Waals surface area (Å²) in [5, 5.41) is 4.76. The minimum Gasteiger partial charge on any atom is -0.487 e. The van der Waals surface area contributed by atoms with Crippen molar-refractivity contribution in [1.82, 2.24) is 29.9 Å². The number of hydrogen-bond acceptors (Lipinski definition) is 30. The number of rotatable bonds is 0. The van der Waals surface area contributed by atoms with Crippen molar-refractivity contribution in [2.24, 2.45) is 0 Å². The van der Waals surface area contributed by atoms with Crippen LogP contribution >= 0.6 is 0 Å². The van der Waals surface area contributed by atoms with Crippen molar-refractivity contribution in [2.75, 3.05) is 238 Å². The Morgan fingerprint density at radius 1 is 0.148 bits per heavy atom. The maximum atomic E-state index is 6.65. The second kappa shape index (κ2) is 42.3. The number of fused-ring (bicyclic) bond motifs is 15. The van der Waals surface area contributed by atoms with E-state index in [1.165, 1.54) is 0 Å². The molecule has 576 valence electrons. The van der Waals surface area contributed by atoms with Gasteiger partial charge in [0.25, 0.3) is 35.3 Å². The van der Waals surface area contributed by atoms with Crippen LogP contribution < -0.4 is 56.8 Å². The highest BCUT2D eigenvalue weighted by Crippen LogP contribution is 2.47. The van der Waals surface area contributed by atoms with E-state index < -0.39 is 0 Å². The van der Waals surface area contributed by atoms with Crippen LogP contribution in [0.25, 0.3) is 65.4 Å². The summed E-state index contributed by atoms with van der Waals surface area (Å²) in [4.78, 5) is 28.0. The zero-order valence-corrected chi connectivity index (χ0v) is 60.3. The standard InChI is InChI=1S/C78H90N6O24/c1-2-8-62-61(7-1)79-73-74(80-62)104-44-32-92-20-14-86-26-38-98-68-50-56-55(49-67(68)97-37-25-85-13-19-91-31-43-103-73)57-51-69-71(101-41-29-89-17-23-95-35-47-107-76-75(81-63-9-3-4-10-64(63)82-76)105-45-33-93-21-15-87-27-39-99-69)53-59(57)60-54-72-70(52-58(56)60)100-40-28-88-16-22-94-34-46-106-77-78(84-66-12-6-5-11-65(66)83-77)108-48-36-96-24-18-90-30-42-102-72/h1-12,49-54H,13-48H2. The fraction of sp³-hybridized carbons (Fsp3) is 0.462. The average molecular weight is 1500 g/mol. The topological polar surface area (TPSA) is 299 Å². The van der Waals surface area contributed by atoms with E-state index >= 15 is 0 Å². The van der Waals surface area contributed by atoms with E-state index in [0.717, 1.165) is 32.3 Å². The van der Waals surface area contributed by atoms with E-state index in [1.807, 2.05) is 109 Å². The molecule has 0 saturated heterocycles. The van der Waals surface area contributed by atoms with Gasteiger partial charge in [0.1, 0.15) is 79.3 Å². The summed E-state index contributed by atoms with van der Waals surface area (Å²) in [6.45, 7) is 8.75. The van der Waals surface area contributed by atoms with Crippen LogP contribution in [-0.4, -0.2) is 268 Å². The molecule has 0 unspecified atom stereocenters. The molecule has 0 aliphatic carbocycles. The quantitative estimate of drug-likeness (QED) is 0.128. The van der Waals surface area contributed by atoms with Gasteiger partial charge >= 0.3 is 0 Å². The first kappa shape index (κ1) is 76.6. The molecule has 0 N–H and O–H groups in total. The number of para-hydroxylation sites is 6. The first-order valence-electron chi connectivity index (χ1n) is 36.5. The Kier molecular flexibility index (Phi) is 30.0. The summed E-state index contributed by atoms with van der Waals surface area (Å²) in [6, 6.07) is 34.4. The predicted octanol–water partition coefficient (Wildman–Crippen LogP) is 8.86. The highest BCUT2D eigenvalue weighted by molar-refractivity contribution is 6.27. The molecule has 10 aromatic rings. The maximum Gasteiger partial charge on any atom is 0.278 e. The van der Waals surface area contributed by atoms with Gasteiger partial charge < -0.3 is 114 Å². The van der Waals surface area contributed by atoms with Gasteiger partial charge in [-0.05, 0) is 105 Å². The lowest BCUT2D eigenvalue weighted by Crippen LogP contribution is -2.16. The molecule has 30 heteroatoms. The lowest BCUT2D eigenvalue weighted by molar-refractivity contribution is 0.0216. The molecule has 108 heavy (non-hydrogen) atoms. The molecular weight excluding hydrogens is 1400 g/mol. The number of benzene rings is 7. The summed E-state index contributed by atoms with van der Waals surface area (Å²) in [7, 11) is 0. The summed E-state index contributed by atoms with van der Waals surface area (Å²) in [5.74, 6) is 4.32. The van der Waals surface area contributed by atoms with Gasteiger partial charge in [0.05, 0.1) is 192 Å². The van der Waals surface area contributed by atoms with E-state index in [1.54, 1.807) is 0 Å². The molecule has 0 radical (unpaired) electrons. The van der Waals surface area contributed by atoms with Crippen LogP contribution in [0.15, 0.2) is 109 Å². The highest BCUT2D eigenvalue weighted by Gasteiger charge is 2.23. The minimum atomic E-state index is 0.165. The van der Waals surface area contributed by atoms with Crippen molar-refractivity contribution >= 4 is 65.4 Å². The molecule has 0 amide bonds. The average Bonchev–Trinajstić information content (AvgIpc) is 0.724. The van der Waals surface area contributed by atoms with E-state index in [4.69, 9.17) is 114 Å². The molecule has 30 nitrogen and oxygen atoms in total. The first-order valence-corrected chi connectivity index (χ1v) is 36.5. The van der Waals surface area contributed by atoms with Crippen molar-refractivity contribution in [3.05, 3.63) is 109 Å². The van der Waals surface area contributed by atoms with Gasteiger partial charge in [-0.25, -0.2) is 29.9 Å². The van der Waals surface area contributed by atoms with Crippen LogP contribution in [0.5, 0.6) is 69.8 Å². The van der Waals surface area contributed by atoms with Gasteiger partial charge in [0.2, 0.25) is 0 Å². The molecule has 3 aliphatic heterocycles. The highest BCUT2D eigenvalue weighted by atomic mass is 16.6. The fourth-order valence-corrected chi connectivity index (χ4v) is 11.5. The van der Waals surface area contributed by atoms with Crippen LogP contribution in [0.4, 0.5) is 0 Å². The Balaban J connectivity index is 0.762. The van der Waals surface area contributed by atoms with Gasteiger partial charge in [0, 0.05) is 0 Å². The van der Waals surface area contributed by atoms with Crippen molar-refractivity contribution < 1.29 is 114 Å². The third kappa shape index (κ3) is 22.5. The van der Waals surface area contributed by atoms with Crippen molar-refractivity contribution in [3.8, 4) is 69.8 Å². The molecule has 13 rings (SSSR count). The van der Waals surface area contributed by atoms with E-state index in [-0.39, 0.29) is 194 Å². The van der Waals surface area contributed by atoms with E-state index in [2.05, 4.69) is 29.9 Å². The van der Waals surface area contributed by atoms with Gasteiger partial charge in [-0.2, -0.15) is 0 Å². The zero-order chi connectivity index (χ0) is 73.3. The molecule has 3 aromatic heterocycles. The van der Waals surface area contributed by atoms with E-state index in [0.29, 0.717) is 147 Å². The molecule has 6 heterocycles. The molecule has 3 aliphatic rings. The van der Waals surface area contributed by atoms with Crippen molar-refractivity contribution in [3.63, 3.8) is 0 Å². The SMILES string of the molecule is c1ccc2nc3c(nc2c1)OCCOCCOCCOc1cc2c4cc5c(cc4c4cc6c(cc4c2cc1OCCOCCOCCO3)OCCOCCOCCOc1nc2ccccc2nc1OCCOCCOCCO6)OCCOCCOCCOc1nc2ccccc2nc1OCCOCCOCCO5. The maximum absolute atomic E-state index is 6.65. The second-order valence-corrected chi connectivity index (χ2v) is 24.0. The van der Waals surface area contributed by atoms with Gasteiger partial charge in [-0.15, -0.1) is 0 Å². The third-order valence-electron chi connectivity index (χ3n) is 16.6. The van der Waals surface area contributed by atoms with E-state index in [9.17, 15) is 0 Å². The molecular formula is C78H90N6O24. The Labute approximate surface area is 623 Å². The van der Waals surface area contributed by atoms with Crippen LogP contribution in [0, 0.1) is 0 Å². The molecule has 0 spiro atoms. The third-order valence-corrected chi connectivity index (χ3v) is 16.6. The summed E-state index contributed by atoms with van der Waals surface area (Å²) in [6.07, 6.45) is 0. The minimum absolute atomic E-state index is 0.165. The van der Waals surface area contributed by atoms with Crippen LogP contribution in [0.3, 0.4) is 0 Å². The molecule has 7 aromatic carbocycles. The Hall–Kier alpha value is -9.54. The number of nitrogens with zero attached hydrogens (tertiary/aromatic N) is 6. The molecule has 0 atom stereocenters. The van der Waals surface area contributed by atoms with Crippen molar-refractivity contribution in [1.29, 1.82) is 0 Å². The van der Waals surface area contributed by atoms with Crippen LogP contribution in [-0.2, 0) is 56.8 Å². The summed E-state index contributed by atoms with van der Waals surface area (Å²) in [5.41, 5.74) is 4.06. The zero-order valence-electron chi connectivity index (χ0n) is 60.3. The Morgan fingerprint density at radius 3 is 0.407 bits per heavy atom. The molecule has 0 fully saturated rings. The summed E-state index contributed by atoms with van der Waals surface area (Å²) < 4.78 is 148. The lowest BCUT2D eigenvalue weighted by atomic mass is 9.93. The molecule has 0 saturated carbocycles. The van der Waals surface area contributed by atoms with Crippen LogP contribution in [0.2, 0.25) is 0 Å². The Bertz CT molecular complexity index is 3710. The summed E-state index contributed by atoms with van der Waals surface area (Å²) >= 11 is 0. The number of aromatic nitrogens is 6. The van der Waals surface area contributed by atoms with Crippen LogP contribution in [0.1, 0.15) is 0 Å². The normalized spacial score (nSPS) is 18.2. The van der Waals surface area contributed by atoms with Crippen molar-refractivity contribution in [2.45, 2.75) is 0 Å². The Morgan fingerprint density at radius 2 is 0.269 bits per heavy atom. The van der Waals surface area contributed by atoms with Gasteiger partial charge in [-0.3, -0.25) is 0 Å². The molecule has 0 bridgehead atoms. The first-order chi connectivity index (χ1) is 53.6. The smallest absolute Gasteiger partial charge is 0.278 e. The number of hydrogen-bond donors (Lipinski definition) is 0. The number of ether oxygens (including phenoxy) is 24. The monoisotopic (exact) mass is 1490 g/mol. The van der Waals surface area contributed by atoms with Gasteiger partial charge in [-0.1, -0.05) is 36.4 Å². The van der Waals surface area contributed by atoms with Gasteiger partial charge in [0.15, 0.2) is 34.5 Å². The largest absolute Gasteiger partial charge is 0.487 e.